The normalized spacial score (nSPS) is 13.6. The Balaban J connectivity index is 1.94. The standard InChI is InChI=1S/C15H18N2O4/c1-9(14-3-2-6-21-14)17-15(20)11(16)7-10-4-5-12(18)13(19)8-10/h2-6,8-9,11,18-19H,7,16H2,1H3,(H,17,20)/t9?,11-/m0/s1. The van der Waals surface area contributed by atoms with Crippen LogP contribution in [-0.2, 0) is 11.2 Å². The summed E-state index contributed by atoms with van der Waals surface area (Å²) >= 11 is 0. The maximum atomic E-state index is 12.0. The highest BCUT2D eigenvalue weighted by Crippen LogP contribution is 2.25. The largest absolute Gasteiger partial charge is 0.504 e. The molecule has 0 bridgehead atoms. The molecular formula is C15H18N2O4. The molecule has 0 saturated carbocycles. The van der Waals surface area contributed by atoms with Crippen LogP contribution in [0, 0.1) is 0 Å². The first-order chi connectivity index (χ1) is 9.97. The number of nitrogens with two attached hydrogens (primary N) is 1. The number of carbonyl (C=O) groups excluding carboxylic acids is 1. The molecule has 1 heterocycles. The van der Waals surface area contributed by atoms with Gasteiger partial charge in [0.15, 0.2) is 11.5 Å². The lowest BCUT2D eigenvalue weighted by atomic mass is 10.0. The predicted octanol–water partition coefficient (Wildman–Crippen LogP) is 1.44. The number of rotatable bonds is 5. The average Bonchev–Trinajstić information content (AvgIpc) is 2.97. The molecule has 112 valence electrons. The third-order valence-electron chi connectivity index (χ3n) is 3.16. The zero-order valence-corrected chi connectivity index (χ0v) is 11.6. The van der Waals surface area contributed by atoms with Crippen molar-refractivity contribution in [2.75, 3.05) is 0 Å². The van der Waals surface area contributed by atoms with E-state index in [-0.39, 0.29) is 29.9 Å². The maximum absolute atomic E-state index is 12.0. The van der Waals surface area contributed by atoms with Crippen LogP contribution in [0.2, 0.25) is 0 Å². The number of phenolic OH excluding ortho intramolecular Hbond substituents is 2. The molecule has 0 spiro atoms. The number of nitrogens with one attached hydrogen (secondary N) is 1. The molecule has 6 nitrogen and oxygen atoms in total. The minimum atomic E-state index is -0.758. The molecule has 0 saturated heterocycles. The molecule has 2 rings (SSSR count). The van der Waals surface area contributed by atoms with Crippen molar-refractivity contribution in [1.29, 1.82) is 0 Å². The Morgan fingerprint density at radius 2 is 2.10 bits per heavy atom. The van der Waals surface area contributed by atoms with E-state index in [0.717, 1.165) is 0 Å². The number of furan rings is 1. The molecule has 21 heavy (non-hydrogen) atoms. The summed E-state index contributed by atoms with van der Waals surface area (Å²) in [5.74, 6) is -0.100. The van der Waals surface area contributed by atoms with E-state index in [1.807, 2.05) is 0 Å². The van der Waals surface area contributed by atoms with Crippen molar-refractivity contribution < 1.29 is 19.4 Å². The van der Waals surface area contributed by atoms with Gasteiger partial charge in [-0.05, 0) is 43.2 Å². The van der Waals surface area contributed by atoms with Gasteiger partial charge in [0.2, 0.25) is 5.91 Å². The van der Waals surface area contributed by atoms with Crippen molar-refractivity contribution in [3.63, 3.8) is 0 Å². The van der Waals surface area contributed by atoms with Gasteiger partial charge >= 0.3 is 0 Å². The van der Waals surface area contributed by atoms with Crippen LogP contribution in [0.1, 0.15) is 24.3 Å². The summed E-state index contributed by atoms with van der Waals surface area (Å²) < 4.78 is 5.21. The van der Waals surface area contributed by atoms with Gasteiger partial charge in [-0.25, -0.2) is 0 Å². The number of phenols is 2. The molecule has 0 aliphatic heterocycles. The van der Waals surface area contributed by atoms with E-state index in [1.165, 1.54) is 18.4 Å². The Hall–Kier alpha value is -2.47. The van der Waals surface area contributed by atoms with E-state index in [9.17, 15) is 15.0 Å². The Morgan fingerprint density at radius 3 is 2.71 bits per heavy atom. The van der Waals surface area contributed by atoms with Crippen LogP contribution in [0.3, 0.4) is 0 Å². The Kier molecular flexibility index (Phi) is 4.49. The van der Waals surface area contributed by atoms with Crippen molar-refractivity contribution in [3.05, 3.63) is 47.9 Å². The SMILES string of the molecule is CC(NC(=O)[C@@H](N)Cc1ccc(O)c(O)c1)c1ccco1. The smallest absolute Gasteiger partial charge is 0.237 e. The highest BCUT2D eigenvalue weighted by molar-refractivity contribution is 5.82. The number of hydrogen-bond acceptors (Lipinski definition) is 5. The quantitative estimate of drug-likeness (QED) is 0.623. The van der Waals surface area contributed by atoms with Gasteiger partial charge in [0.1, 0.15) is 5.76 Å². The highest BCUT2D eigenvalue weighted by atomic mass is 16.3. The summed E-state index contributed by atoms with van der Waals surface area (Å²) in [6.45, 7) is 1.80. The first-order valence-electron chi connectivity index (χ1n) is 6.57. The summed E-state index contributed by atoms with van der Waals surface area (Å²) in [6.07, 6.45) is 1.79. The van der Waals surface area contributed by atoms with E-state index in [0.29, 0.717) is 11.3 Å². The molecule has 0 aliphatic rings. The minimum Gasteiger partial charge on any atom is -0.504 e. The van der Waals surface area contributed by atoms with Gasteiger partial charge in [-0.1, -0.05) is 6.07 Å². The molecule has 1 aromatic heterocycles. The van der Waals surface area contributed by atoms with Crippen molar-refractivity contribution in [3.8, 4) is 11.5 Å². The number of carbonyl (C=O) groups is 1. The fraction of sp³-hybridized carbons (Fsp3) is 0.267. The summed E-state index contributed by atoms with van der Waals surface area (Å²) in [5.41, 5.74) is 6.52. The molecule has 5 N–H and O–H groups in total. The van der Waals surface area contributed by atoms with E-state index in [2.05, 4.69) is 5.32 Å². The summed E-state index contributed by atoms with van der Waals surface area (Å²) in [4.78, 5) is 12.0. The summed E-state index contributed by atoms with van der Waals surface area (Å²) in [5, 5.41) is 21.4. The molecule has 0 radical (unpaired) electrons. The van der Waals surface area contributed by atoms with Gasteiger partial charge in [0.25, 0.3) is 0 Å². The van der Waals surface area contributed by atoms with Crippen LogP contribution < -0.4 is 11.1 Å². The number of amides is 1. The summed E-state index contributed by atoms with van der Waals surface area (Å²) in [7, 11) is 0. The van der Waals surface area contributed by atoms with Gasteiger partial charge < -0.3 is 25.7 Å². The van der Waals surface area contributed by atoms with Crippen LogP contribution >= 0.6 is 0 Å². The lowest BCUT2D eigenvalue weighted by Gasteiger charge is -2.16. The van der Waals surface area contributed by atoms with Crippen LogP contribution in [0.25, 0.3) is 0 Å². The molecule has 6 heteroatoms. The van der Waals surface area contributed by atoms with Gasteiger partial charge in [-0.2, -0.15) is 0 Å². The fourth-order valence-corrected chi connectivity index (χ4v) is 1.97. The van der Waals surface area contributed by atoms with Gasteiger partial charge in [0.05, 0.1) is 18.3 Å². The van der Waals surface area contributed by atoms with Crippen LogP contribution in [-0.4, -0.2) is 22.2 Å². The topological polar surface area (TPSA) is 109 Å². The van der Waals surface area contributed by atoms with Crippen molar-refractivity contribution >= 4 is 5.91 Å². The Labute approximate surface area is 122 Å². The second-order valence-corrected chi connectivity index (χ2v) is 4.88. The second kappa shape index (κ2) is 6.32. The van der Waals surface area contributed by atoms with Gasteiger partial charge in [-0.15, -0.1) is 0 Å². The van der Waals surface area contributed by atoms with Crippen LogP contribution in [0.5, 0.6) is 11.5 Å². The third-order valence-corrected chi connectivity index (χ3v) is 3.16. The first-order valence-corrected chi connectivity index (χ1v) is 6.57. The Morgan fingerprint density at radius 1 is 1.33 bits per heavy atom. The van der Waals surface area contributed by atoms with E-state index < -0.39 is 6.04 Å². The van der Waals surface area contributed by atoms with E-state index >= 15 is 0 Å². The molecule has 1 amide bonds. The monoisotopic (exact) mass is 290 g/mol. The Bertz CT molecular complexity index is 610. The maximum Gasteiger partial charge on any atom is 0.237 e. The average molecular weight is 290 g/mol. The minimum absolute atomic E-state index is 0.205. The molecule has 1 aromatic carbocycles. The number of hydrogen-bond donors (Lipinski definition) is 4. The van der Waals surface area contributed by atoms with Gasteiger partial charge in [0, 0.05) is 0 Å². The molecule has 2 atom stereocenters. The van der Waals surface area contributed by atoms with Gasteiger partial charge in [-0.3, -0.25) is 4.79 Å². The third kappa shape index (κ3) is 3.76. The first kappa shape index (κ1) is 14.9. The zero-order valence-electron chi connectivity index (χ0n) is 11.6. The summed E-state index contributed by atoms with van der Waals surface area (Å²) in [6, 6.07) is 6.85. The van der Waals surface area contributed by atoms with E-state index in [4.69, 9.17) is 10.2 Å². The van der Waals surface area contributed by atoms with Crippen molar-refractivity contribution in [2.24, 2.45) is 5.73 Å². The lowest BCUT2D eigenvalue weighted by molar-refractivity contribution is -0.123. The van der Waals surface area contributed by atoms with E-state index in [1.54, 1.807) is 25.1 Å². The fourth-order valence-electron chi connectivity index (χ4n) is 1.97. The van der Waals surface area contributed by atoms with Crippen LogP contribution in [0.15, 0.2) is 41.0 Å². The number of aromatic hydroxyl groups is 2. The molecule has 1 unspecified atom stereocenters. The molecule has 0 aliphatic carbocycles. The van der Waals surface area contributed by atoms with Crippen LogP contribution in [0.4, 0.5) is 0 Å². The lowest BCUT2D eigenvalue weighted by Crippen LogP contribution is -2.42. The molecule has 0 fully saturated rings. The van der Waals surface area contributed by atoms with Crippen molar-refractivity contribution in [1.82, 2.24) is 5.32 Å². The number of benzene rings is 1. The molecule has 2 aromatic rings. The highest BCUT2D eigenvalue weighted by Gasteiger charge is 2.18. The van der Waals surface area contributed by atoms with Crippen molar-refractivity contribution in [2.45, 2.75) is 25.4 Å². The zero-order chi connectivity index (χ0) is 15.4. The predicted molar refractivity (Wildman–Crippen MR) is 76.7 cm³/mol. The molecular weight excluding hydrogens is 272 g/mol. The second-order valence-electron chi connectivity index (χ2n) is 4.88.